The molecule has 0 N–H and O–H groups in total. The lowest BCUT2D eigenvalue weighted by Crippen LogP contribution is -2.49. The van der Waals surface area contributed by atoms with Crippen LogP contribution in [-0.4, -0.2) is 46.5 Å². The quantitative estimate of drug-likeness (QED) is 0.408. The number of aryl methyl sites for hydroxylation is 1. The van der Waals surface area contributed by atoms with Crippen LogP contribution in [0.25, 0.3) is 17.0 Å². The minimum Gasteiger partial charge on any atom is -0.444 e. The van der Waals surface area contributed by atoms with E-state index in [0.717, 1.165) is 48.2 Å². The van der Waals surface area contributed by atoms with Crippen LogP contribution < -0.4 is 4.90 Å². The maximum Gasteiger partial charge on any atom is 0.413 e. The molecule has 6 nitrogen and oxygen atoms in total. The first-order valence-corrected chi connectivity index (χ1v) is 13.2. The van der Waals surface area contributed by atoms with Crippen LogP contribution in [-0.2, 0) is 22.4 Å². The van der Waals surface area contributed by atoms with E-state index in [1.165, 1.54) is 11.1 Å². The molecule has 2 aromatic carbocycles. The van der Waals surface area contributed by atoms with Crippen LogP contribution in [0.1, 0.15) is 57.7 Å². The van der Waals surface area contributed by atoms with Crippen LogP contribution >= 0.6 is 0 Å². The normalized spacial score (nSPS) is 19.8. The molecule has 194 valence electrons. The van der Waals surface area contributed by atoms with Gasteiger partial charge in [0.15, 0.2) is 0 Å². The van der Waals surface area contributed by atoms with Gasteiger partial charge in [-0.1, -0.05) is 54.6 Å². The molecule has 0 radical (unpaired) electrons. The van der Waals surface area contributed by atoms with Gasteiger partial charge in [-0.25, -0.2) is 9.78 Å². The Morgan fingerprint density at radius 3 is 2.62 bits per heavy atom. The van der Waals surface area contributed by atoms with E-state index in [0.29, 0.717) is 6.61 Å². The average Bonchev–Trinajstić information content (AvgIpc) is 3.00. The van der Waals surface area contributed by atoms with Gasteiger partial charge in [-0.15, -0.1) is 0 Å². The number of nitrogens with zero attached hydrogens (tertiary/aromatic N) is 3. The number of hydrogen-bond donors (Lipinski definition) is 0. The molecule has 1 saturated heterocycles. The molecule has 1 fully saturated rings. The topological polar surface area (TPSA) is 54.9 Å². The predicted octanol–water partition coefficient (Wildman–Crippen LogP) is 6.57. The van der Waals surface area contributed by atoms with E-state index in [-0.39, 0.29) is 12.1 Å². The van der Waals surface area contributed by atoms with Gasteiger partial charge in [0, 0.05) is 18.5 Å². The van der Waals surface area contributed by atoms with E-state index < -0.39 is 11.3 Å². The molecule has 0 aliphatic carbocycles. The Morgan fingerprint density at radius 2 is 1.84 bits per heavy atom. The number of fused-ring (bicyclic) bond motifs is 2. The van der Waals surface area contributed by atoms with Crippen LogP contribution in [0.2, 0.25) is 0 Å². The number of para-hydroxylation sites is 1. The lowest BCUT2D eigenvalue weighted by atomic mass is 10.0. The van der Waals surface area contributed by atoms with E-state index in [1.54, 1.807) is 4.90 Å². The van der Waals surface area contributed by atoms with Crippen molar-refractivity contribution >= 4 is 28.9 Å². The molecule has 6 heteroatoms. The minimum atomic E-state index is -0.748. The van der Waals surface area contributed by atoms with Gasteiger partial charge < -0.3 is 14.4 Å². The smallest absolute Gasteiger partial charge is 0.413 e. The third kappa shape index (κ3) is 5.49. The summed E-state index contributed by atoms with van der Waals surface area (Å²) in [5, 5.41) is 1.08. The Hall–Kier alpha value is -3.38. The fourth-order valence-corrected chi connectivity index (χ4v) is 5.24. The highest BCUT2D eigenvalue weighted by molar-refractivity contribution is 5.89. The highest BCUT2D eigenvalue weighted by Gasteiger charge is 2.44. The van der Waals surface area contributed by atoms with Crippen molar-refractivity contribution in [3.8, 4) is 0 Å². The van der Waals surface area contributed by atoms with Crippen LogP contribution in [0.3, 0.4) is 0 Å². The summed E-state index contributed by atoms with van der Waals surface area (Å²) < 4.78 is 11.7. The maximum atomic E-state index is 13.1. The highest BCUT2D eigenvalue weighted by atomic mass is 16.6. The number of carbonyl (C=O) groups is 1. The number of benzene rings is 2. The van der Waals surface area contributed by atoms with Gasteiger partial charge in [-0.3, -0.25) is 4.90 Å². The number of aromatic nitrogens is 1. The van der Waals surface area contributed by atoms with Crippen LogP contribution in [0.4, 0.5) is 10.6 Å². The summed E-state index contributed by atoms with van der Waals surface area (Å²) in [6, 6.07) is 18.9. The molecular formula is C31H37N3O3. The van der Waals surface area contributed by atoms with Crippen molar-refractivity contribution in [2.24, 2.45) is 0 Å². The van der Waals surface area contributed by atoms with Gasteiger partial charge in [-0.05, 0) is 76.3 Å². The van der Waals surface area contributed by atoms with Crippen LogP contribution in [0.5, 0.6) is 0 Å². The van der Waals surface area contributed by atoms with Crippen molar-refractivity contribution in [1.82, 2.24) is 9.88 Å². The largest absolute Gasteiger partial charge is 0.444 e. The number of amides is 1. The van der Waals surface area contributed by atoms with Crippen molar-refractivity contribution in [3.63, 3.8) is 0 Å². The molecule has 1 aromatic heterocycles. The molecule has 0 unspecified atom stereocenters. The predicted molar refractivity (Wildman–Crippen MR) is 148 cm³/mol. The first-order chi connectivity index (χ1) is 17.6. The summed E-state index contributed by atoms with van der Waals surface area (Å²) in [6.07, 6.45) is 5.97. The highest BCUT2D eigenvalue weighted by Crippen LogP contribution is 2.32. The zero-order chi connectivity index (χ0) is 26.2. The van der Waals surface area contributed by atoms with Crippen molar-refractivity contribution in [2.75, 3.05) is 18.1 Å². The molecule has 0 bridgehead atoms. The molecule has 3 aromatic rings. The van der Waals surface area contributed by atoms with Gasteiger partial charge in [0.2, 0.25) is 0 Å². The minimum absolute atomic E-state index is 0.231. The molecule has 0 saturated carbocycles. The summed E-state index contributed by atoms with van der Waals surface area (Å²) in [7, 11) is 0. The van der Waals surface area contributed by atoms with Gasteiger partial charge >= 0.3 is 6.09 Å². The Labute approximate surface area is 219 Å². The summed E-state index contributed by atoms with van der Waals surface area (Å²) in [5.74, 6) is 0.974. The van der Waals surface area contributed by atoms with Crippen LogP contribution in [0.15, 0.2) is 60.7 Å². The Morgan fingerprint density at radius 1 is 1.11 bits per heavy atom. The molecule has 1 amide bonds. The molecule has 2 aliphatic heterocycles. The number of ether oxygens (including phenoxy) is 2. The van der Waals surface area contributed by atoms with Gasteiger partial charge in [0.25, 0.3) is 0 Å². The van der Waals surface area contributed by atoms with E-state index in [9.17, 15) is 4.79 Å². The molecular weight excluding hydrogens is 462 g/mol. The monoisotopic (exact) mass is 499 g/mol. The fraction of sp³-hybridized carbons (Fsp3) is 0.419. The number of anilines is 1. The van der Waals surface area contributed by atoms with Crippen molar-refractivity contribution in [1.29, 1.82) is 0 Å². The third-order valence-corrected chi connectivity index (χ3v) is 7.02. The summed E-state index contributed by atoms with van der Waals surface area (Å²) in [6.45, 7) is 11.7. The molecule has 37 heavy (non-hydrogen) atoms. The Bertz CT molecular complexity index is 1320. The lowest BCUT2D eigenvalue weighted by Gasteiger charge is -2.34. The van der Waals surface area contributed by atoms with Gasteiger partial charge in [0.1, 0.15) is 17.1 Å². The Kier molecular flexibility index (Phi) is 6.71. The summed E-state index contributed by atoms with van der Waals surface area (Å²) >= 11 is 0. The number of rotatable bonds is 3. The SMILES string of the molecule is CC(C)(C)OC(=O)N1[C@@H](C=Cc2cc(N3CCCc4ccccc4C3)nc3ccccc23)COC1(C)C. The molecule has 1 atom stereocenters. The number of hydrogen-bond acceptors (Lipinski definition) is 5. The molecule has 5 rings (SSSR count). The molecule has 2 aliphatic rings. The average molecular weight is 500 g/mol. The standard InChI is InChI=1S/C31H37N3O3/c1-30(2,3)37-29(35)34-25(21-36-31(34,4)5)17-16-23-19-28(32-27-15-9-8-14-26(23)27)33-18-10-13-22-11-6-7-12-24(22)20-33/h6-9,11-12,14-17,19,25H,10,13,18,20-21H2,1-5H3/t25-/m0/s1. The lowest BCUT2D eigenvalue weighted by molar-refractivity contribution is -0.0610. The van der Waals surface area contributed by atoms with E-state index in [1.807, 2.05) is 46.8 Å². The van der Waals surface area contributed by atoms with Crippen molar-refractivity contribution < 1.29 is 14.3 Å². The zero-order valence-electron chi connectivity index (χ0n) is 22.5. The second kappa shape index (κ2) is 9.82. The van der Waals surface area contributed by atoms with Crippen molar-refractivity contribution in [2.45, 2.75) is 71.4 Å². The second-order valence-corrected chi connectivity index (χ2v) is 11.4. The summed E-state index contributed by atoms with van der Waals surface area (Å²) in [5.41, 5.74) is 3.51. The first kappa shape index (κ1) is 25.3. The molecule has 0 spiro atoms. The van der Waals surface area contributed by atoms with Crippen LogP contribution in [0, 0.1) is 0 Å². The zero-order valence-corrected chi connectivity index (χ0v) is 22.5. The van der Waals surface area contributed by atoms with Gasteiger partial charge in [-0.2, -0.15) is 0 Å². The number of pyridine rings is 1. The Balaban J connectivity index is 1.47. The molecule has 3 heterocycles. The van der Waals surface area contributed by atoms with Gasteiger partial charge in [0.05, 0.1) is 18.2 Å². The number of carbonyl (C=O) groups excluding carboxylic acids is 1. The fourth-order valence-electron chi connectivity index (χ4n) is 5.24. The van der Waals surface area contributed by atoms with E-state index in [4.69, 9.17) is 14.5 Å². The maximum absolute atomic E-state index is 13.1. The third-order valence-electron chi connectivity index (χ3n) is 7.02. The first-order valence-electron chi connectivity index (χ1n) is 13.2. The second-order valence-electron chi connectivity index (χ2n) is 11.4. The summed E-state index contributed by atoms with van der Waals surface area (Å²) in [4.78, 5) is 22.2. The van der Waals surface area contributed by atoms with Crippen molar-refractivity contribution in [3.05, 3.63) is 77.4 Å². The van der Waals surface area contributed by atoms with E-state index in [2.05, 4.69) is 59.5 Å². The van der Waals surface area contributed by atoms with E-state index >= 15 is 0 Å².